The van der Waals surface area contributed by atoms with Gasteiger partial charge >= 0.3 is 5.97 Å². The highest BCUT2D eigenvalue weighted by Crippen LogP contribution is 2.46. The summed E-state index contributed by atoms with van der Waals surface area (Å²) in [6.45, 7) is 8.34. The van der Waals surface area contributed by atoms with E-state index in [1.165, 1.54) is 16.8 Å². The van der Waals surface area contributed by atoms with E-state index in [1.54, 1.807) is 0 Å². The maximum absolute atomic E-state index is 12.0. The Hall–Kier alpha value is -1.76. The van der Waals surface area contributed by atoms with E-state index in [4.69, 9.17) is 16.3 Å². The number of hydrogen-bond acceptors (Lipinski definition) is 4. The highest BCUT2D eigenvalue weighted by atomic mass is 79.9. The molecule has 1 atom stereocenters. The van der Waals surface area contributed by atoms with E-state index in [-0.39, 0.29) is 11.4 Å². The van der Waals surface area contributed by atoms with Gasteiger partial charge in [-0.05, 0) is 111 Å². The summed E-state index contributed by atoms with van der Waals surface area (Å²) in [6.07, 6.45) is 5.43. The number of hydrogen-bond donors (Lipinski definition) is 0. The first-order valence-electron chi connectivity index (χ1n) is 12.1. The van der Waals surface area contributed by atoms with Crippen LogP contribution in [0.15, 0.2) is 63.7 Å². The number of rotatable bonds is 6. The second kappa shape index (κ2) is 11.5. The SMILES string of the molecule is CCOC(=O)c1ccc(N2CCN(C3=C(c4ccc(Cl)cc4)CCC(C)(C=C(Br)Br)C3)CC2)cc1. The Morgan fingerprint density at radius 3 is 2.26 bits per heavy atom. The van der Waals surface area contributed by atoms with Crippen molar-refractivity contribution in [2.45, 2.75) is 33.1 Å². The normalized spacial score (nSPS) is 20.6. The van der Waals surface area contributed by atoms with Crippen molar-refractivity contribution in [1.29, 1.82) is 0 Å². The molecular weight excluding hydrogens is 592 g/mol. The largest absolute Gasteiger partial charge is 0.462 e. The van der Waals surface area contributed by atoms with E-state index >= 15 is 0 Å². The fourth-order valence-corrected chi connectivity index (χ4v) is 6.27. The first kappa shape index (κ1) is 26.3. The van der Waals surface area contributed by atoms with E-state index in [0.717, 1.165) is 59.5 Å². The molecule has 4 nitrogen and oxygen atoms in total. The molecule has 1 fully saturated rings. The number of halogens is 3. The maximum atomic E-state index is 12.0. The van der Waals surface area contributed by atoms with E-state index in [0.29, 0.717) is 12.2 Å². The van der Waals surface area contributed by atoms with Crippen LogP contribution < -0.4 is 4.90 Å². The third-order valence-electron chi connectivity index (χ3n) is 6.92. The van der Waals surface area contributed by atoms with E-state index in [9.17, 15) is 4.79 Å². The number of carbonyl (C=O) groups is 1. The Labute approximate surface area is 230 Å². The van der Waals surface area contributed by atoms with Gasteiger partial charge in [0.2, 0.25) is 0 Å². The number of benzene rings is 2. The van der Waals surface area contributed by atoms with Crippen LogP contribution in [0.4, 0.5) is 5.69 Å². The van der Waals surface area contributed by atoms with Gasteiger partial charge in [-0.1, -0.05) is 36.7 Å². The fraction of sp³-hybridized carbons (Fsp3) is 0.393. The lowest BCUT2D eigenvalue weighted by Crippen LogP contribution is -2.47. The molecule has 0 N–H and O–H groups in total. The van der Waals surface area contributed by atoms with Crippen LogP contribution in [0.2, 0.25) is 5.02 Å². The van der Waals surface area contributed by atoms with E-state index in [2.05, 4.69) is 66.8 Å². The molecule has 1 heterocycles. The van der Waals surface area contributed by atoms with Gasteiger partial charge in [-0.3, -0.25) is 0 Å². The number of allylic oxidation sites excluding steroid dienone is 3. The molecule has 2 aromatic rings. The Balaban J connectivity index is 1.53. The number of carbonyl (C=O) groups excluding carboxylic acids is 1. The molecule has 1 unspecified atom stereocenters. The van der Waals surface area contributed by atoms with Crippen LogP contribution in [-0.2, 0) is 4.74 Å². The summed E-state index contributed by atoms with van der Waals surface area (Å²) in [7, 11) is 0. The summed E-state index contributed by atoms with van der Waals surface area (Å²) >= 11 is 13.3. The van der Waals surface area contributed by atoms with Gasteiger partial charge < -0.3 is 14.5 Å². The molecule has 0 aromatic heterocycles. The standard InChI is InChI=1S/C28H31Br2ClN2O2/c1-3-35-27(34)21-6-10-23(11-7-21)32-14-16-33(17-15-32)25-18-28(2,19-26(29)30)13-12-24(25)20-4-8-22(31)9-5-20/h4-11,19H,3,12-18H2,1-2H3. The topological polar surface area (TPSA) is 32.8 Å². The first-order chi connectivity index (χ1) is 16.8. The van der Waals surface area contributed by atoms with Gasteiger partial charge in [-0.25, -0.2) is 4.79 Å². The summed E-state index contributed by atoms with van der Waals surface area (Å²) in [4.78, 5) is 16.9. The summed E-state index contributed by atoms with van der Waals surface area (Å²) in [5.41, 5.74) is 5.98. The van der Waals surface area contributed by atoms with Gasteiger partial charge in [0.05, 0.1) is 15.6 Å². The summed E-state index contributed by atoms with van der Waals surface area (Å²) in [5, 5.41) is 0.769. The number of piperazine rings is 1. The molecule has 186 valence electrons. The minimum absolute atomic E-state index is 0.0909. The van der Waals surface area contributed by atoms with Gasteiger partial charge in [0.15, 0.2) is 0 Å². The lowest BCUT2D eigenvalue weighted by molar-refractivity contribution is 0.0526. The molecule has 2 aliphatic rings. The molecule has 0 amide bonds. The summed E-state index contributed by atoms with van der Waals surface area (Å²) in [5.74, 6) is -0.268. The molecule has 1 aliphatic heterocycles. The van der Waals surface area contributed by atoms with Crippen LogP contribution in [0, 0.1) is 5.41 Å². The van der Waals surface area contributed by atoms with Crippen molar-refractivity contribution in [3.63, 3.8) is 0 Å². The highest BCUT2D eigenvalue weighted by Gasteiger charge is 2.33. The van der Waals surface area contributed by atoms with Gasteiger partial charge in [0.1, 0.15) is 0 Å². The van der Waals surface area contributed by atoms with Gasteiger partial charge in [-0.2, -0.15) is 0 Å². The molecule has 1 aliphatic carbocycles. The fourth-order valence-electron chi connectivity index (χ4n) is 5.04. The van der Waals surface area contributed by atoms with Gasteiger partial charge in [-0.15, -0.1) is 0 Å². The zero-order valence-electron chi connectivity index (χ0n) is 20.2. The zero-order chi connectivity index (χ0) is 25.0. The maximum Gasteiger partial charge on any atom is 0.338 e. The lowest BCUT2D eigenvalue weighted by Gasteiger charge is -2.44. The van der Waals surface area contributed by atoms with Crippen LogP contribution in [0.5, 0.6) is 0 Å². The second-order valence-electron chi connectivity index (χ2n) is 9.44. The quantitative estimate of drug-likeness (QED) is 0.307. The lowest BCUT2D eigenvalue weighted by atomic mass is 9.73. The highest BCUT2D eigenvalue weighted by molar-refractivity contribution is 9.28. The number of esters is 1. The van der Waals surface area contributed by atoms with Crippen molar-refractivity contribution >= 4 is 60.7 Å². The predicted octanol–water partition coefficient (Wildman–Crippen LogP) is 7.87. The Bertz CT molecular complexity index is 1100. The van der Waals surface area contributed by atoms with Crippen LogP contribution in [-0.4, -0.2) is 43.7 Å². The third kappa shape index (κ3) is 6.52. The van der Waals surface area contributed by atoms with Crippen LogP contribution in [0.25, 0.3) is 5.57 Å². The third-order valence-corrected chi connectivity index (χ3v) is 7.63. The molecule has 35 heavy (non-hydrogen) atoms. The Morgan fingerprint density at radius 2 is 1.66 bits per heavy atom. The molecular formula is C28H31Br2ClN2O2. The van der Waals surface area contributed by atoms with Crippen molar-refractivity contribution < 1.29 is 9.53 Å². The number of anilines is 1. The van der Waals surface area contributed by atoms with E-state index < -0.39 is 0 Å². The Kier molecular flexibility index (Phi) is 8.67. The molecule has 0 spiro atoms. The number of nitrogens with zero attached hydrogens (tertiary/aromatic N) is 2. The molecule has 7 heteroatoms. The van der Waals surface area contributed by atoms with Crippen LogP contribution in [0.1, 0.15) is 49.0 Å². The Morgan fingerprint density at radius 1 is 1.03 bits per heavy atom. The molecule has 4 rings (SSSR count). The van der Waals surface area contributed by atoms with Crippen molar-refractivity contribution in [2.24, 2.45) is 5.41 Å². The second-order valence-corrected chi connectivity index (χ2v) is 12.6. The van der Waals surface area contributed by atoms with Crippen LogP contribution >= 0.6 is 43.5 Å². The summed E-state index contributed by atoms with van der Waals surface area (Å²) in [6, 6.07) is 16.0. The smallest absolute Gasteiger partial charge is 0.338 e. The summed E-state index contributed by atoms with van der Waals surface area (Å²) < 4.78 is 6.12. The number of ether oxygens (including phenoxy) is 1. The predicted molar refractivity (Wildman–Crippen MR) is 152 cm³/mol. The first-order valence-corrected chi connectivity index (χ1v) is 14.0. The zero-order valence-corrected chi connectivity index (χ0v) is 24.1. The van der Waals surface area contributed by atoms with Crippen molar-refractivity contribution in [2.75, 3.05) is 37.7 Å². The monoisotopic (exact) mass is 620 g/mol. The van der Waals surface area contributed by atoms with Crippen molar-refractivity contribution in [3.05, 3.63) is 79.8 Å². The molecule has 1 saturated heterocycles. The van der Waals surface area contributed by atoms with Gasteiger partial charge in [0, 0.05) is 42.6 Å². The van der Waals surface area contributed by atoms with Crippen molar-refractivity contribution in [1.82, 2.24) is 4.90 Å². The molecule has 0 bridgehead atoms. The van der Waals surface area contributed by atoms with Crippen molar-refractivity contribution in [3.8, 4) is 0 Å². The molecule has 2 aromatic carbocycles. The molecule has 0 saturated carbocycles. The average molecular weight is 623 g/mol. The molecule has 0 radical (unpaired) electrons. The average Bonchev–Trinajstić information content (AvgIpc) is 2.84. The van der Waals surface area contributed by atoms with E-state index in [1.807, 2.05) is 43.3 Å². The minimum Gasteiger partial charge on any atom is -0.462 e. The minimum atomic E-state index is -0.268. The van der Waals surface area contributed by atoms with Crippen LogP contribution in [0.3, 0.4) is 0 Å². The van der Waals surface area contributed by atoms with Gasteiger partial charge in [0.25, 0.3) is 0 Å².